The topological polar surface area (TPSA) is 61.4 Å². The molecule has 1 heterocycles. The molecule has 1 aliphatic heterocycles. The second kappa shape index (κ2) is 9.20. The van der Waals surface area contributed by atoms with Crippen LogP contribution in [0, 0.1) is 5.92 Å². The Kier molecular flexibility index (Phi) is 7.26. The van der Waals surface area contributed by atoms with E-state index >= 15 is 0 Å². The van der Waals surface area contributed by atoms with E-state index in [0.29, 0.717) is 6.54 Å². The first-order valence-corrected chi connectivity index (χ1v) is 9.31. The Labute approximate surface area is 155 Å². The van der Waals surface area contributed by atoms with Gasteiger partial charge >= 0.3 is 0 Å². The fourth-order valence-corrected chi connectivity index (χ4v) is 3.56. The van der Waals surface area contributed by atoms with Crippen molar-refractivity contribution < 1.29 is 9.59 Å². The number of nitrogens with zero attached hydrogens (tertiary/aromatic N) is 1. The Morgan fingerprint density at radius 3 is 2.40 bits per heavy atom. The van der Waals surface area contributed by atoms with Crippen molar-refractivity contribution >= 4 is 23.4 Å². The summed E-state index contributed by atoms with van der Waals surface area (Å²) in [5.41, 5.74) is 1.03. The van der Waals surface area contributed by atoms with Crippen molar-refractivity contribution in [2.75, 3.05) is 19.6 Å². The molecule has 0 bridgehead atoms. The van der Waals surface area contributed by atoms with Crippen molar-refractivity contribution in [2.45, 2.75) is 45.7 Å². The third kappa shape index (κ3) is 5.44. The van der Waals surface area contributed by atoms with Gasteiger partial charge in [0.1, 0.15) is 6.04 Å². The Morgan fingerprint density at radius 1 is 1.20 bits per heavy atom. The lowest BCUT2D eigenvalue weighted by Gasteiger charge is -2.30. The predicted octanol–water partition coefficient (Wildman–Crippen LogP) is 2.75. The molecule has 0 radical (unpaired) electrons. The summed E-state index contributed by atoms with van der Waals surface area (Å²) in [4.78, 5) is 26.3. The highest BCUT2D eigenvalue weighted by molar-refractivity contribution is 6.31. The summed E-state index contributed by atoms with van der Waals surface area (Å²) in [6.07, 6.45) is 2.32. The van der Waals surface area contributed by atoms with Crippen LogP contribution < -0.4 is 10.6 Å². The average molecular weight is 366 g/mol. The number of hydrogen-bond donors (Lipinski definition) is 2. The highest BCUT2D eigenvalue weighted by atomic mass is 35.5. The van der Waals surface area contributed by atoms with Crippen LogP contribution in [0.3, 0.4) is 0 Å². The van der Waals surface area contributed by atoms with Crippen LogP contribution in [0.1, 0.15) is 45.2 Å². The summed E-state index contributed by atoms with van der Waals surface area (Å²) in [5, 5.41) is 6.47. The first kappa shape index (κ1) is 19.7. The van der Waals surface area contributed by atoms with Gasteiger partial charge in [0.2, 0.25) is 11.8 Å². The maximum absolute atomic E-state index is 12.6. The summed E-state index contributed by atoms with van der Waals surface area (Å²) in [6, 6.07) is 7.31. The number of hydrogen-bond acceptors (Lipinski definition) is 3. The molecule has 25 heavy (non-hydrogen) atoms. The second-order valence-electron chi connectivity index (χ2n) is 6.95. The number of halogens is 1. The molecule has 6 heteroatoms. The van der Waals surface area contributed by atoms with Crippen LogP contribution in [0.15, 0.2) is 24.3 Å². The van der Waals surface area contributed by atoms with E-state index in [4.69, 9.17) is 11.6 Å². The molecule has 1 fully saturated rings. The summed E-state index contributed by atoms with van der Waals surface area (Å²) in [6.45, 7) is 7.76. The van der Waals surface area contributed by atoms with Gasteiger partial charge in [-0.05, 0) is 43.5 Å². The van der Waals surface area contributed by atoms with Gasteiger partial charge < -0.3 is 10.6 Å². The molecular formula is C19H28ClN3O2. The van der Waals surface area contributed by atoms with Crippen molar-refractivity contribution in [3.63, 3.8) is 0 Å². The van der Waals surface area contributed by atoms with E-state index in [9.17, 15) is 9.59 Å². The van der Waals surface area contributed by atoms with E-state index in [0.717, 1.165) is 36.5 Å². The van der Waals surface area contributed by atoms with Crippen molar-refractivity contribution in [3.05, 3.63) is 34.9 Å². The predicted molar refractivity (Wildman–Crippen MR) is 100 cm³/mol. The first-order valence-electron chi connectivity index (χ1n) is 8.93. The molecule has 2 amide bonds. The van der Waals surface area contributed by atoms with Gasteiger partial charge in [-0.1, -0.05) is 43.6 Å². The highest BCUT2D eigenvalue weighted by Crippen LogP contribution is 2.29. The maximum Gasteiger partial charge on any atom is 0.242 e. The van der Waals surface area contributed by atoms with E-state index in [-0.39, 0.29) is 23.8 Å². The molecule has 1 saturated heterocycles. The monoisotopic (exact) mass is 365 g/mol. The summed E-state index contributed by atoms with van der Waals surface area (Å²) in [5.74, 6) is -0.327. The van der Waals surface area contributed by atoms with Crippen LogP contribution in [0.25, 0.3) is 0 Å². The zero-order chi connectivity index (χ0) is 18.4. The lowest BCUT2D eigenvalue weighted by Crippen LogP contribution is -2.50. The van der Waals surface area contributed by atoms with E-state index < -0.39 is 6.04 Å². The van der Waals surface area contributed by atoms with E-state index in [1.165, 1.54) is 6.92 Å². The van der Waals surface area contributed by atoms with Crippen LogP contribution in [-0.2, 0) is 9.59 Å². The molecule has 1 aliphatic rings. The minimum Gasteiger partial charge on any atom is -0.352 e. The molecular weight excluding hydrogens is 338 g/mol. The molecule has 2 N–H and O–H groups in total. The minimum atomic E-state index is -0.525. The quantitative estimate of drug-likeness (QED) is 0.781. The first-order chi connectivity index (χ1) is 11.9. The molecule has 0 unspecified atom stereocenters. The summed E-state index contributed by atoms with van der Waals surface area (Å²) < 4.78 is 0. The minimum absolute atomic E-state index is 0.0226. The molecule has 0 aliphatic carbocycles. The molecule has 0 spiro atoms. The Morgan fingerprint density at radius 2 is 1.84 bits per heavy atom. The Hall–Kier alpha value is -1.59. The Bertz CT molecular complexity index is 600. The van der Waals surface area contributed by atoms with Gasteiger partial charge in [0.25, 0.3) is 0 Å². The van der Waals surface area contributed by atoms with Crippen LogP contribution >= 0.6 is 11.6 Å². The second-order valence-corrected chi connectivity index (χ2v) is 7.35. The molecule has 2 atom stereocenters. The zero-order valence-corrected chi connectivity index (χ0v) is 16.0. The van der Waals surface area contributed by atoms with Crippen LogP contribution in [0.4, 0.5) is 0 Å². The third-order valence-corrected chi connectivity index (χ3v) is 4.97. The van der Waals surface area contributed by atoms with Gasteiger partial charge in [0.05, 0.1) is 6.04 Å². The average Bonchev–Trinajstić information content (AvgIpc) is 3.08. The van der Waals surface area contributed by atoms with Gasteiger partial charge in [0, 0.05) is 18.5 Å². The van der Waals surface area contributed by atoms with Crippen molar-refractivity contribution in [1.29, 1.82) is 0 Å². The molecule has 1 aromatic carbocycles. The molecule has 0 aromatic heterocycles. The maximum atomic E-state index is 12.6. The largest absolute Gasteiger partial charge is 0.352 e. The summed E-state index contributed by atoms with van der Waals surface area (Å²) in [7, 11) is 0. The number of nitrogens with one attached hydrogen (secondary N) is 2. The smallest absolute Gasteiger partial charge is 0.242 e. The number of carbonyl (C=O) groups excluding carboxylic acids is 2. The van der Waals surface area contributed by atoms with Crippen molar-refractivity contribution in [3.8, 4) is 0 Å². The van der Waals surface area contributed by atoms with E-state index in [1.54, 1.807) is 0 Å². The number of carbonyl (C=O) groups is 2. The van der Waals surface area contributed by atoms with Gasteiger partial charge in [-0.2, -0.15) is 0 Å². The van der Waals surface area contributed by atoms with Crippen LogP contribution in [-0.4, -0.2) is 42.4 Å². The van der Waals surface area contributed by atoms with Crippen molar-refractivity contribution in [1.82, 2.24) is 15.5 Å². The highest BCUT2D eigenvalue weighted by Gasteiger charge is 2.28. The Balaban J connectivity index is 2.10. The number of amides is 2. The zero-order valence-electron chi connectivity index (χ0n) is 15.2. The van der Waals surface area contributed by atoms with Crippen molar-refractivity contribution in [2.24, 2.45) is 5.92 Å². The summed E-state index contributed by atoms with van der Waals surface area (Å²) >= 11 is 6.40. The normalized spacial score (nSPS) is 17.3. The number of rotatable bonds is 7. The number of benzene rings is 1. The molecule has 0 saturated carbocycles. The van der Waals surface area contributed by atoms with Crippen LogP contribution in [0.2, 0.25) is 5.02 Å². The molecule has 5 nitrogen and oxygen atoms in total. The van der Waals surface area contributed by atoms with Gasteiger partial charge in [-0.25, -0.2) is 0 Å². The molecule has 1 aromatic rings. The lowest BCUT2D eigenvalue weighted by molar-refractivity contribution is -0.129. The van der Waals surface area contributed by atoms with E-state index in [2.05, 4.69) is 15.5 Å². The third-order valence-electron chi connectivity index (χ3n) is 4.62. The SMILES string of the molecule is CC(=O)N[C@H](C(=O)NC[C@H](c1ccccc1Cl)N1CCCC1)C(C)C. The fraction of sp³-hybridized carbons (Fsp3) is 0.579. The number of likely N-dealkylation sites (tertiary alicyclic amines) is 1. The van der Waals surface area contributed by atoms with Gasteiger partial charge in [-0.3, -0.25) is 14.5 Å². The fourth-order valence-electron chi connectivity index (χ4n) is 3.30. The van der Waals surface area contributed by atoms with Gasteiger partial charge in [-0.15, -0.1) is 0 Å². The molecule has 2 rings (SSSR count). The molecule has 138 valence electrons. The van der Waals surface area contributed by atoms with Gasteiger partial charge in [0.15, 0.2) is 0 Å². The standard InChI is InChI=1S/C19H28ClN3O2/c1-13(2)18(22-14(3)24)19(25)21-12-17(23-10-6-7-11-23)15-8-4-5-9-16(15)20/h4-5,8-9,13,17-18H,6-7,10-12H2,1-3H3,(H,21,25)(H,22,24)/t17-,18+/m1/s1. The van der Waals surface area contributed by atoms with E-state index in [1.807, 2.05) is 38.1 Å². The van der Waals surface area contributed by atoms with Crippen LogP contribution in [0.5, 0.6) is 0 Å². The lowest BCUT2D eigenvalue weighted by atomic mass is 10.0.